The van der Waals surface area contributed by atoms with Crippen LogP contribution in [-0.2, 0) is 6.54 Å². The summed E-state index contributed by atoms with van der Waals surface area (Å²) in [7, 11) is 0. The molecule has 84 valence electrons. The normalized spacial score (nSPS) is 10.6. The van der Waals surface area contributed by atoms with E-state index in [4.69, 9.17) is 4.42 Å². The average Bonchev–Trinajstić information content (AvgIpc) is 2.87. The monoisotopic (exact) mass is 301 g/mol. The molecule has 0 aliphatic carbocycles. The van der Waals surface area contributed by atoms with Gasteiger partial charge in [-0.2, -0.15) is 5.10 Å². The van der Waals surface area contributed by atoms with E-state index >= 15 is 0 Å². The first-order valence-corrected chi connectivity index (χ1v) is 6.13. The van der Waals surface area contributed by atoms with Gasteiger partial charge in [0.05, 0.1) is 0 Å². The topological polar surface area (TPSA) is 69.6 Å². The Labute approximate surface area is 104 Å². The summed E-state index contributed by atoms with van der Waals surface area (Å²) in [5.74, 6) is 1.21. The van der Waals surface area contributed by atoms with Crippen LogP contribution < -0.4 is 0 Å². The maximum Gasteiger partial charge on any atom is 0.276 e. The van der Waals surface area contributed by atoms with Gasteiger partial charge in [-0.3, -0.25) is 0 Å². The van der Waals surface area contributed by atoms with Crippen LogP contribution in [0.2, 0.25) is 0 Å². The second-order valence-corrected chi connectivity index (χ2v) is 4.91. The van der Waals surface area contributed by atoms with Crippen LogP contribution in [-0.4, -0.2) is 30.7 Å². The fourth-order valence-electron chi connectivity index (χ4n) is 0.953. The summed E-state index contributed by atoms with van der Waals surface area (Å²) >= 11 is 4.69. The summed E-state index contributed by atoms with van der Waals surface area (Å²) in [4.78, 5) is 3.82. The predicted octanol–water partition coefficient (Wildman–Crippen LogP) is 1.71. The molecule has 0 radical (unpaired) electrons. The molecular formula is C8H8BrN5OS. The maximum atomic E-state index is 5.40. The minimum absolute atomic E-state index is 0.433. The lowest BCUT2D eigenvalue weighted by atomic mass is 10.6. The van der Waals surface area contributed by atoms with Gasteiger partial charge in [0.1, 0.15) is 19.2 Å². The third-order valence-electron chi connectivity index (χ3n) is 1.56. The van der Waals surface area contributed by atoms with Crippen LogP contribution in [0.3, 0.4) is 0 Å². The van der Waals surface area contributed by atoms with E-state index in [1.165, 1.54) is 18.1 Å². The lowest BCUT2D eigenvalue weighted by Gasteiger charge is -1.93. The van der Waals surface area contributed by atoms with Crippen LogP contribution in [0.25, 0.3) is 0 Å². The molecule has 0 fully saturated rings. The van der Waals surface area contributed by atoms with Crippen molar-refractivity contribution < 1.29 is 4.42 Å². The van der Waals surface area contributed by atoms with Gasteiger partial charge >= 0.3 is 0 Å². The SMILES string of the molecule is C=C(Br)CSc1nnc(Cn2cncn2)o1. The molecule has 0 aliphatic heterocycles. The third kappa shape index (κ3) is 3.17. The zero-order chi connectivity index (χ0) is 11.4. The fraction of sp³-hybridized carbons (Fsp3) is 0.250. The van der Waals surface area contributed by atoms with Gasteiger partial charge in [0.2, 0.25) is 5.89 Å². The highest BCUT2D eigenvalue weighted by molar-refractivity contribution is 9.11. The van der Waals surface area contributed by atoms with Gasteiger partial charge < -0.3 is 4.42 Å². The van der Waals surface area contributed by atoms with Gasteiger partial charge in [-0.05, 0) is 4.48 Å². The molecule has 2 aromatic heterocycles. The van der Waals surface area contributed by atoms with E-state index in [0.717, 1.165) is 4.48 Å². The Morgan fingerprint density at radius 2 is 2.44 bits per heavy atom. The summed E-state index contributed by atoms with van der Waals surface area (Å²) in [5, 5.41) is 12.3. The van der Waals surface area contributed by atoms with Crippen molar-refractivity contribution in [2.24, 2.45) is 0 Å². The largest absolute Gasteiger partial charge is 0.414 e. The van der Waals surface area contributed by atoms with Crippen molar-refractivity contribution in [3.8, 4) is 0 Å². The maximum absolute atomic E-state index is 5.40. The van der Waals surface area contributed by atoms with E-state index in [1.807, 2.05) is 0 Å². The molecule has 6 nitrogen and oxygen atoms in total. The van der Waals surface area contributed by atoms with Crippen molar-refractivity contribution in [2.45, 2.75) is 11.8 Å². The quantitative estimate of drug-likeness (QED) is 0.783. The molecule has 0 N–H and O–H groups in total. The Balaban J connectivity index is 1.94. The van der Waals surface area contributed by atoms with Gasteiger partial charge in [-0.25, -0.2) is 9.67 Å². The molecule has 0 atom stereocenters. The zero-order valence-corrected chi connectivity index (χ0v) is 10.6. The first-order valence-electron chi connectivity index (χ1n) is 4.35. The molecule has 0 bridgehead atoms. The molecule has 2 rings (SSSR count). The second kappa shape index (κ2) is 5.26. The van der Waals surface area contributed by atoms with Crippen molar-refractivity contribution >= 4 is 27.7 Å². The zero-order valence-electron chi connectivity index (χ0n) is 8.21. The third-order valence-corrected chi connectivity index (χ3v) is 3.12. The second-order valence-electron chi connectivity index (χ2n) is 2.86. The Hall–Kier alpha value is -1.15. The van der Waals surface area contributed by atoms with E-state index in [-0.39, 0.29) is 0 Å². The summed E-state index contributed by atoms with van der Waals surface area (Å²) in [5.41, 5.74) is 0. The number of rotatable bonds is 5. The van der Waals surface area contributed by atoms with E-state index in [0.29, 0.717) is 23.4 Å². The van der Waals surface area contributed by atoms with Crippen molar-refractivity contribution in [1.29, 1.82) is 0 Å². The molecule has 0 unspecified atom stereocenters. The highest BCUT2D eigenvalue weighted by Gasteiger charge is 2.07. The molecule has 0 spiro atoms. The molecule has 0 aliphatic rings. The minimum Gasteiger partial charge on any atom is -0.414 e. The van der Waals surface area contributed by atoms with E-state index in [1.54, 1.807) is 11.0 Å². The fourth-order valence-corrected chi connectivity index (χ4v) is 1.83. The van der Waals surface area contributed by atoms with Gasteiger partial charge in [0, 0.05) is 5.75 Å². The number of halogens is 1. The van der Waals surface area contributed by atoms with Gasteiger partial charge in [-0.15, -0.1) is 10.2 Å². The van der Waals surface area contributed by atoms with Crippen LogP contribution in [0.5, 0.6) is 0 Å². The number of hydrogen-bond donors (Lipinski definition) is 0. The van der Waals surface area contributed by atoms with Gasteiger partial charge in [-0.1, -0.05) is 34.3 Å². The first kappa shape index (κ1) is 11.3. The average molecular weight is 302 g/mol. The lowest BCUT2D eigenvalue weighted by molar-refractivity contribution is 0.398. The van der Waals surface area contributed by atoms with Crippen LogP contribution in [0, 0.1) is 0 Å². The Morgan fingerprint density at radius 1 is 1.56 bits per heavy atom. The first-order chi connectivity index (χ1) is 7.74. The summed E-state index contributed by atoms with van der Waals surface area (Å²) < 4.78 is 7.90. The van der Waals surface area contributed by atoms with Crippen molar-refractivity contribution in [3.63, 3.8) is 0 Å². The van der Waals surface area contributed by atoms with Crippen molar-refractivity contribution in [3.05, 3.63) is 29.6 Å². The summed E-state index contributed by atoms with van der Waals surface area (Å²) in [6, 6.07) is 0. The minimum atomic E-state index is 0.433. The summed E-state index contributed by atoms with van der Waals surface area (Å²) in [6.45, 7) is 4.15. The Kier molecular flexibility index (Phi) is 3.73. The van der Waals surface area contributed by atoms with Crippen LogP contribution in [0.1, 0.15) is 5.89 Å². The molecule has 0 aromatic carbocycles. The van der Waals surface area contributed by atoms with E-state index in [2.05, 4.69) is 42.8 Å². The molecule has 2 aromatic rings. The predicted molar refractivity (Wildman–Crippen MR) is 62.2 cm³/mol. The number of nitrogens with zero attached hydrogens (tertiary/aromatic N) is 5. The molecule has 0 amide bonds. The highest BCUT2D eigenvalue weighted by Crippen LogP contribution is 2.20. The molecule has 0 saturated heterocycles. The number of hydrogen-bond acceptors (Lipinski definition) is 6. The lowest BCUT2D eigenvalue weighted by Crippen LogP contribution is -1.99. The van der Waals surface area contributed by atoms with E-state index in [9.17, 15) is 0 Å². The summed E-state index contributed by atoms with van der Waals surface area (Å²) in [6.07, 6.45) is 3.05. The van der Waals surface area contributed by atoms with Crippen LogP contribution in [0.4, 0.5) is 0 Å². The van der Waals surface area contributed by atoms with Crippen molar-refractivity contribution in [1.82, 2.24) is 25.0 Å². The van der Waals surface area contributed by atoms with Crippen molar-refractivity contribution in [2.75, 3.05) is 5.75 Å². The van der Waals surface area contributed by atoms with Gasteiger partial charge in [0.15, 0.2) is 0 Å². The van der Waals surface area contributed by atoms with Crippen LogP contribution >= 0.6 is 27.7 Å². The Morgan fingerprint density at radius 3 is 3.12 bits per heavy atom. The number of aromatic nitrogens is 5. The highest BCUT2D eigenvalue weighted by atomic mass is 79.9. The van der Waals surface area contributed by atoms with Gasteiger partial charge in [0.25, 0.3) is 5.22 Å². The Bertz CT molecular complexity index is 468. The molecule has 16 heavy (non-hydrogen) atoms. The smallest absolute Gasteiger partial charge is 0.276 e. The number of thioether (sulfide) groups is 1. The molecule has 8 heteroatoms. The van der Waals surface area contributed by atoms with Crippen LogP contribution in [0.15, 0.2) is 33.4 Å². The molecule has 0 saturated carbocycles. The standard InChI is InChI=1S/C8H8BrN5OS/c1-6(9)3-16-8-13-12-7(15-8)2-14-5-10-4-11-14/h4-5H,1-3H2. The molecule has 2 heterocycles. The molecular weight excluding hydrogens is 294 g/mol. The van der Waals surface area contributed by atoms with E-state index < -0.39 is 0 Å².